The molecule has 0 bridgehead atoms. The van der Waals surface area contributed by atoms with Crippen LogP contribution in [0.5, 0.6) is 0 Å². The van der Waals surface area contributed by atoms with E-state index in [1.54, 1.807) is 0 Å². The lowest BCUT2D eigenvalue weighted by molar-refractivity contribution is -0.131. The quantitative estimate of drug-likeness (QED) is 0.843. The Morgan fingerprint density at radius 2 is 2.00 bits per heavy atom. The molecule has 3 rings (SSSR count). The summed E-state index contributed by atoms with van der Waals surface area (Å²) < 4.78 is 12.7. The van der Waals surface area contributed by atoms with Crippen LogP contribution in [0.15, 0.2) is 0 Å². The van der Waals surface area contributed by atoms with Gasteiger partial charge in [0.15, 0.2) is 0 Å². The number of rotatable bonds is 4. The average Bonchev–Trinajstić information content (AvgIpc) is 2.79. The fourth-order valence-electron chi connectivity index (χ4n) is 3.81. The zero-order valence-electron chi connectivity index (χ0n) is 12.1. The first kappa shape index (κ1) is 14.3. The highest BCUT2D eigenvalue weighted by molar-refractivity contribution is 5.79. The second-order valence-electron chi connectivity index (χ2n) is 6.86. The number of carbonyl (C=O) groups is 1. The van der Waals surface area contributed by atoms with E-state index in [0.717, 1.165) is 51.7 Å². The van der Waals surface area contributed by atoms with E-state index in [-0.39, 0.29) is 24.5 Å². The summed E-state index contributed by atoms with van der Waals surface area (Å²) >= 11 is 0. The van der Waals surface area contributed by atoms with Gasteiger partial charge in [0.2, 0.25) is 5.91 Å². The zero-order chi connectivity index (χ0) is 14.2. The lowest BCUT2D eigenvalue weighted by atomic mass is 9.79. The van der Waals surface area contributed by atoms with Gasteiger partial charge in [0.05, 0.1) is 12.3 Å². The predicted molar refractivity (Wildman–Crippen MR) is 74.1 cm³/mol. The Bertz CT molecular complexity index is 365. The van der Waals surface area contributed by atoms with Crippen molar-refractivity contribution in [3.8, 4) is 0 Å². The van der Waals surface area contributed by atoms with E-state index in [1.165, 1.54) is 0 Å². The molecule has 1 unspecified atom stereocenters. The molecular formula is C15H25FN2O2. The standard InChI is InChI=1S/C15H25FN2O2/c16-9-12-8-14(19)18(10-12)13-2-6-17(7-3-13)11-15(20)4-1-5-15/h12-13,20H,1-11H2. The molecule has 1 N–H and O–H groups in total. The molecule has 0 spiro atoms. The first-order chi connectivity index (χ1) is 9.59. The Morgan fingerprint density at radius 1 is 1.30 bits per heavy atom. The van der Waals surface area contributed by atoms with Crippen LogP contribution in [0.25, 0.3) is 0 Å². The van der Waals surface area contributed by atoms with Crippen LogP contribution in [-0.2, 0) is 4.79 Å². The maximum absolute atomic E-state index is 12.7. The lowest BCUT2D eigenvalue weighted by Crippen LogP contribution is -2.52. The molecule has 5 heteroatoms. The van der Waals surface area contributed by atoms with E-state index in [1.807, 2.05) is 4.90 Å². The topological polar surface area (TPSA) is 43.8 Å². The van der Waals surface area contributed by atoms with E-state index >= 15 is 0 Å². The van der Waals surface area contributed by atoms with Gasteiger partial charge in [-0.1, -0.05) is 0 Å². The van der Waals surface area contributed by atoms with Gasteiger partial charge in [0, 0.05) is 44.6 Å². The summed E-state index contributed by atoms with van der Waals surface area (Å²) in [6.07, 6.45) is 5.30. The molecule has 0 radical (unpaired) electrons. The van der Waals surface area contributed by atoms with Gasteiger partial charge in [-0.2, -0.15) is 0 Å². The Labute approximate surface area is 119 Å². The van der Waals surface area contributed by atoms with Crippen LogP contribution in [0.2, 0.25) is 0 Å². The Hall–Kier alpha value is -0.680. The summed E-state index contributed by atoms with van der Waals surface area (Å²) in [6.45, 7) is 2.88. The summed E-state index contributed by atoms with van der Waals surface area (Å²) in [5, 5.41) is 10.2. The van der Waals surface area contributed by atoms with Crippen LogP contribution < -0.4 is 0 Å². The van der Waals surface area contributed by atoms with E-state index in [4.69, 9.17) is 0 Å². The molecule has 1 atom stereocenters. The van der Waals surface area contributed by atoms with Gasteiger partial charge >= 0.3 is 0 Å². The number of hydrogen-bond acceptors (Lipinski definition) is 3. The number of amides is 1. The van der Waals surface area contributed by atoms with E-state index < -0.39 is 5.60 Å². The first-order valence-electron chi connectivity index (χ1n) is 7.90. The first-order valence-corrected chi connectivity index (χ1v) is 7.90. The number of likely N-dealkylation sites (tertiary alicyclic amines) is 2. The van der Waals surface area contributed by atoms with Crippen molar-refractivity contribution in [2.75, 3.05) is 32.9 Å². The number of halogens is 1. The van der Waals surface area contributed by atoms with Crippen LogP contribution in [0.1, 0.15) is 38.5 Å². The third kappa shape index (κ3) is 2.84. The minimum absolute atomic E-state index is 0.0868. The molecule has 2 saturated heterocycles. The third-order valence-electron chi connectivity index (χ3n) is 5.26. The molecule has 0 aromatic heterocycles. The minimum Gasteiger partial charge on any atom is -0.389 e. The fourth-order valence-corrected chi connectivity index (χ4v) is 3.81. The minimum atomic E-state index is -0.449. The van der Waals surface area contributed by atoms with Crippen molar-refractivity contribution in [3.63, 3.8) is 0 Å². The molecular weight excluding hydrogens is 259 g/mol. The number of nitrogens with zero attached hydrogens (tertiary/aromatic N) is 2. The van der Waals surface area contributed by atoms with Gasteiger partial charge in [-0.15, -0.1) is 0 Å². The van der Waals surface area contributed by atoms with Gasteiger partial charge < -0.3 is 14.9 Å². The van der Waals surface area contributed by atoms with Crippen LogP contribution in [0.3, 0.4) is 0 Å². The molecule has 1 aliphatic carbocycles. The average molecular weight is 284 g/mol. The summed E-state index contributed by atoms with van der Waals surface area (Å²) in [7, 11) is 0. The van der Waals surface area contributed by atoms with Gasteiger partial charge in [0.1, 0.15) is 0 Å². The fraction of sp³-hybridized carbons (Fsp3) is 0.933. The van der Waals surface area contributed by atoms with Crippen LogP contribution in [0.4, 0.5) is 4.39 Å². The third-order valence-corrected chi connectivity index (χ3v) is 5.26. The Balaban J connectivity index is 1.47. The number of hydrogen-bond donors (Lipinski definition) is 1. The largest absolute Gasteiger partial charge is 0.389 e. The second-order valence-corrected chi connectivity index (χ2v) is 6.86. The lowest BCUT2D eigenvalue weighted by Gasteiger charge is -2.44. The highest BCUT2D eigenvalue weighted by atomic mass is 19.1. The molecule has 2 heterocycles. The molecule has 114 valence electrons. The molecule has 3 aliphatic rings. The van der Waals surface area contributed by atoms with Gasteiger partial charge in [0.25, 0.3) is 0 Å². The number of β-amino-alcohol motifs (C(OH)–C–C–N with tert-alkyl or cyclic N) is 1. The normalized spacial score (nSPS) is 31.6. The van der Waals surface area contributed by atoms with Crippen molar-refractivity contribution in [2.45, 2.75) is 50.2 Å². The number of alkyl halides is 1. The molecule has 0 aromatic carbocycles. The highest BCUT2D eigenvalue weighted by Gasteiger charge is 2.39. The molecule has 0 aromatic rings. The van der Waals surface area contributed by atoms with Crippen molar-refractivity contribution >= 4 is 5.91 Å². The summed E-state index contributed by atoms with van der Waals surface area (Å²) in [6, 6.07) is 0.284. The monoisotopic (exact) mass is 284 g/mol. The van der Waals surface area contributed by atoms with Gasteiger partial charge in [-0.05, 0) is 32.1 Å². The van der Waals surface area contributed by atoms with Crippen molar-refractivity contribution in [1.82, 2.24) is 9.80 Å². The molecule has 2 aliphatic heterocycles. The van der Waals surface area contributed by atoms with Gasteiger partial charge in [-0.3, -0.25) is 9.18 Å². The Morgan fingerprint density at radius 3 is 2.50 bits per heavy atom. The van der Waals surface area contributed by atoms with Gasteiger partial charge in [-0.25, -0.2) is 0 Å². The molecule has 1 saturated carbocycles. The summed E-state index contributed by atoms with van der Waals surface area (Å²) in [5.74, 6) is 0.0416. The highest BCUT2D eigenvalue weighted by Crippen LogP contribution is 2.33. The van der Waals surface area contributed by atoms with Crippen molar-refractivity contribution in [2.24, 2.45) is 5.92 Å². The van der Waals surface area contributed by atoms with Crippen LogP contribution >= 0.6 is 0 Å². The zero-order valence-corrected chi connectivity index (χ0v) is 12.1. The van der Waals surface area contributed by atoms with Crippen LogP contribution in [-0.4, -0.2) is 65.3 Å². The van der Waals surface area contributed by atoms with Crippen molar-refractivity contribution < 1.29 is 14.3 Å². The molecule has 1 amide bonds. The van der Waals surface area contributed by atoms with Crippen LogP contribution in [0, 0.1) is 5.92 Å². The molecule has 3 fully saturated rings. The molecule has 20 heavy (non-hydrogen) atoms. The van der Waals surface area contributed by atoms with Crippen molar-refractivity contribution in [1.29, 1.82) is 0 Å². The Kier molecular flexibility index (Phi) is 4.00. The number of carbonyl (C=O) groups excluding carboxylic acids is 1. The predicted octanol–water partition coefficient (Wildman–Crippen LogP) is 1.18. The SMILES string of the molecule is O=C1CC(CF)CN1C1CCN(CC2(O)CCC2)CC1. The van der Waals surface area contributed by atoms with E-state index in [9.17, 15) is 14.3 Å². The number of piperidine rings is 1. The molecule has 4 nitrogen and oxygen atoms in total. The summed E-state index contributed by atoms with van der Waals surface area (Å²) in [5.41, 5.74) is -0.449. The van der Waals surface area contributed by atoms with E-state index in [0.29, 0.717) is 13.0 Å². The van der Waals surface area contributed by atoms with E-state index in [2.05, 4.69) is 4.90 Å². The van der Waals surface area contributed by atoms with Crippen molar-refractivity contribution in [3.05, 3.63) is 0 Å². The number of aliphatic hydroxyl groups is 1. The maximum Gasteiger partial charge on any atom is 0.223 e. The maximum atomic E-state index is 12.7. The smallest absolute Gasteiger partial charge is 0.223 e. The summed E-state index contributed by atoms with van der Waals surface area (Å²) in [4.78, 5) is 16.1. The second kappa shape index (κ2) is 5.60.